The van der Waals surface area contributed by atoms with Gasteiger partial charge >= 0.3 is 0 Å². The summed E-state index contributed by atoms with van der Waals surface area (Å²) in [5.41, 5.74) is 1.21. The number of aromatic nitrogens is 2. The Balaban J connectivity index is 2.39. The topological polar surface area (TPSA) is 49.8 Å². The van der Waals surface area contributed by atoms with Crippen LogP contribution in [0.2, 0.25) is 0 Å². The van der Waals surface area contributed by atoms with Crippen molar-refractivity contribution in [1.82, 2.24) is 9.97 Å². The average Bonchev–Trinajstić information content (AvgIpc) is 2.52. The number of hydrogen-bond acceptors (Lipinski definition) is 4. The van der Waals surface area contributed by atoms with Crippen LogP contribution in [0.25, 0.3) is 0 Å². The van der Waals surface area contributed by atoms with Gasteiger partial charge in [0.25, 0.3) is 0 Å². The number of nitrogens with one attached hydrogen (secondary N) is 2. The molecule has 1 rings (SSSR count). The molecule has 0 aliphatic heterocycles. The van der Waals surface area contributed by atoms with Gasteiger partial charge in [0, 0.05) is 18.7 Å². The first-order chi connectivity index (χ1) is 10.3. The molecule has 0 amide bonds. The van der Waals surface area contributed by atoms with E-state index in [-0.39, 0.29) is 0 Å². The van der Waals surface area contributed by atoms with Crippen molar-refractivity contribution in [3.8, 4) is 0 Å². The maximum atomic E-state index is 4.40. The summed E-state index contributed by atoms with van der Waals surface area (Å²) in [6.07, 6.45) is 11.6. The molecule has 0 spiro atoms. The summed E-state index contributed by atoms with van der Waals surface area (Å²) in [4.78, 5) is 8.77. The smallest absolute Gasteiger partial charge is 0.134 e. The zero-order valence-corrected chi connectivity index (χ0v) is 14.0. The van der Waals surface area contributed by atoms with Gasteiger partial charge in [0.05, 0.1) is 0 Å². The van der Waals surface area contributed by atoms with Gasteiger partial charge in [-0.05, 0) is 19.3 Å². The van der Waals surface area contributed by atoms with Crippen molar-refractivity contribution in [2.24, 2.45) is 0 Å². The van der Waals surface area contributed by atoms with E-state index in [2.05, 4.69) is 41.4 Å². The van der Waals surface area contributed by atoms with Crippen molar-refractivity contribution >= 4 is 11.6 Å². The van der Waals surface area contributed by atoms with E-state index in [4.69, 9.17) is 0 Å². The van der Waals surface area contributed by atoms with Crippen molar-refractivity contribution in [2.45, 2.75) is 72.1 Å². The monoisotopic (exact) mass is 292 g/mol. The van der Waals surface area contributed by atoms with Crippen molar-refractivity contribution in [1.29, 1.82) is 0 Å². The molecule has 0 aliphatic carbocycles. The molecular weight excluding hydrogens is 260 g/mol. The van der Waals surface area contributed by atoms with Crippen LogP contribution in [-0.2, 0) is 6.42 Å². The van der Waals surface area contributed by atoms with Crippen molar-refractivity contribution in [3.05, 3.63) is 11.9 Å². The summed E-state index contributed by atoms with van der Waals surface area (Å²) in [7, 11) is 0. The molecule has 4 heteroatoms. The van der Waals surface area contributed by atoms with Crippen LogP contribution in [0.1, 0.15) is 71.3 Å². The van der Waals surface area contributed by atoms with Crippen molar-refractivity contribution in [2.75, 3.05) is 23.7 Å². The van der Waals surface area contributed by atoms with Gasteiger partial charge in [0.1, 0.15) is 18.0 Å². The minimum absolute atomic E-state index is 0.950. The first-order valence-corrected chi connectivity index (χ1v) is 8.65. The quantitative estimate of drug-likeness (QED) is 0.551. The number of anilines is 2. The molecule has 21 heavy (non-hydrogen) atoms. The van der Waals surface area contributed by atoms with Gasteiger partial charge in [0.15, 0.2) is 0 Å². The second-order valence-corrected chi connectivity index (χ2v) is 5.52. The minimum Gasteiger partial charge on any atom is -0.370 e. The van der Waals surface area contributed by atoms with Crippen molar-refractivity contribution in [3.63, 3.8) is 0 Å². The van der Waals surface area contributed by atoms with Crippen LogP contribution in [0.15, 0.2) is 6.33 Å². The standard InChI is InChI=1S/C17H32N4/c1-4-7-8-9-10-11-13-19-17-15(6-3)16(18-12-5-2)20-14-21-17/h14H,4-13H2,1-3H3,(H2,18,19,20,21). The minimum atomic E-state index is 0.950. The Morgan fingerprint density at radius 2 is 1.38 bits per heavy atom. The maximum Gasteiger partial charge on any atom is 0.134 e. The van der Waals surface area contributed by atoms with Gasteiger partial charge in [-0.15, -0.1) is 0 Å². The largest absolute Gasteiger partial charge is 0.370 e. The third-order valence-corrected chi connectivity index (χ3v) is 3.66. The molecule has 0 saturated heterocycles. The maximum absolute atomic E-state index is 4.40. The third kappa shape index (κ3) is 6.78. The van der Waals surface area contributed by atoms with Gasteiger partial charge < -0.3 is 10.6 Å². The fourth-order valence-electron chi connectivity index (χ4n) is 2.41. The fraction of sp³-hybridized carbons (Fsp3) is 0.765. The highest BCUT2D eigenvalue weighted by Crippen LogP contribution is 2.20. The summed E-state index contributed by atoms with van der Waals surface area (Å²) < 4.78 is 0. The highest BCUT2D eigenvalue weighted by molar-refractivity contribution is 5.57. The third-order valence-electron chi connectivity index (χ3n) is 3.66. The van der Waals surface area contributed by atoms with Crippen LogP contribution in [0.3, 0.4) is 0 Å². The van der Waals surface area contributed by atoms with E-state index in [0.29, 0.717) is 0 Å². The van der Waals surface area contributed by atoms with Crippen LogP contribution in [-0.4, -0.2) is 23.1 Å². The SMILES string of the molecule is CCCCCCCCNc1ncnc(NCCC)c1CC. The Bertz CT molecular complexity index is 379. The zero-order chi connectivity index (χ0) is 15.3. The lowest BCUT2D eigenvalue weighted by Crippen LogP contribution is -2.11. The van der Waals surface area contributed by atoms with Crippen LogP contribution < -0.4 is 10.6 Å². The predicted molar refractivity (Wildman–Crippen MR) is 92.1 cm³/mol. The molecule has 1 aromatic rings. The molecule has 1 heterocycles. The molecule has 0 fully saturated rings. The Labute approximate surface area is 130 Å². The number of rotatable bonds is 12. The van der Waals surface area contributed by atoms with E-state index in [9.17, 15) is 0 Å². The molecule has 1 aromatic heterocycles. The summed E-state index contributed by atoms with van der Waals surface area (Å²) in [6, 6.07) is 0. The van der Waals surface area contributed by atoms with Gasteiger partial charge in [0.2, 0.25) is 0 Å². The first kappa shape index (κ1) is 17.7. The molecule has 0 aliphatic rings. The van der Waals surface area contributed by atoms with Crippen LogP contribution in [0.4, 0.5) is 11.6 Å². The average molecular weight is 292 g/mol. The molecule has 2 N–H and O–H groups in total. The molecule has 0 aromatic carbocycles. The van der Waals surface area contributed by atoms with E-state index in [0.717, 1.165) is 37.6 Å². The van der Waals surface area contributed by atoms with E-state index in [1.54, 1.807) is 6.33 Å². The van der Waals surface area contributed by atoms with Gasteiger partial charge in [-0.3, -0.25) is 0 Å². The molecule has 120 valence electrons. The van der Waals surface area contributed by atoms with Crippen LogP contribution >= 0.6 is 0 Å². The van der Waals surface area contributed by atoms with E-state index < -0.39 is 0 Å². The Morgan fingerprint density at radius 1 is 0.762 bits per heavy atom. The molecule has 0 atom stereocenters. The number of unbranched alkanes of at least 4 members (excludes halogenated alkanes) is 5. The second-order valence-electron chi connectivity index (χ2n) is 5.52. The fourth-order valence-corrected chi connectivity index (χ4v) is 2.41. The molecule has 0 radical (unpaired) electrons. The summed E-state index contributed by atoms with van der Waals surface area (Å²) in [6.45, 7) is 8.54. The molecule has 0 saturated carbocycles. The number of hydrogen-bond donors (Lipinski definition) is 2. The van der Waals surface area contributed by atoms with E-state index in [1.165, 1.54) is 44.1 Å². The summed E-state index contributed by atoms with van der Waals surface area (Å²) in [5, 5.41) is 6.87. The Kier molecular flexibility index (Phi) is 9.58. The van der Waals surface area contributed by atoms with Crippen LogP contribution in [0, 0.1) is 0 Å². The lowest BCUT2D eigenvalue weighted by Gasteiger charge is -2.14. The lowest BCUT2D eigenvalue weighted by molar-refractivity contribution is 0.616. The zero-order valence-electron chi connectivity index (χ0n) is 14.0. The molecular formula is C17H32N4. The summed E-state index contributed by atoms with van der Waals surface area (Å²) >= 11 is 0. The lowest BCUT2D eigenvalue weighted by atomic mass is 10.1. The Hall–Kier alpha value is -1.32. The van der Waals surface area contributed by atoms with E-state index in [1.807, 2.05) is 0 Å². The molecule has 4 nitrogen and oxygen atoms in total. The number of nitrogens with zero attached hydrogens (tertiary/aromatic N) is 2. The van der Waals surface area contributed by atoms with Crippen LogP contribution in [0.5, 0.6) is 0 Å². The highest BCUT2D eigenvalue weighted by Gasteiger charge is 2.08. The second kappa shape index (κ2) is 11.4. The van der Waals surface area contributed by atoms with E-state index >= 15 is 0 Å². The van der Waals surface area contributed by atoms with Gasteiger partial charge in [-0.25, -0.2) is 9.97 Å². The first-order valence-electron chi connectivity index (χ1n) is 8.65. The van der Waals surface area contributed by atoms with Crippen molar-refractivity contribution < 1.29 is 0 Å². The molecule has 0 bridgehead atoms. The molecule has 0 unspecified atom stereocenters. The highest BCUT2D eigenvalue weighted by atomic mass is 15.1. The summed E-state index contributed by atoms with van der Waals surface area (Å²) in [5.74, 6) is 1.99. The van der Waals surface area contributed by atoms with Gasteiger partial charge in [-0.1, -0.05) is 52.9 Å². The van der Waals surface area contributed by atoms with Gasteiger partial charge in [-0.2, -0.15) is 0 Å². The Morgan fingerprint density at radius 3 is 2.00 bits per heavy atom. The normalized spacial score (nSPS) is 10.6. The predicted octanol–water partition coefficient (Wildman–Crippen LogP) is 4.63.